The number of nitrogens with one attached hydrogen (secondary N) is 1. The Hall–Kier alpha value is -2.82. The number of amides is 1. The van der Waals surface area contributed by atoms with Gasteiger partial charge in [0, 0.05) is 12.1 Å². The zero-order valence-corrected chi connectivity index (χ0v) is 14.1. The molecule has 0 aliphatic rings. The normalized spacial score (nSPS) is 10.3. The SMILES string of the molecule is COc1ccccc1CCC(=O)Nc1cc(C(=O)O)c(C)cc1C. The van der Waals surface area contributed by atoms with E-state index in [1.165, 1.54) is 6.07 Å². The van der Waals surface area contributed by atoms with Crippen molar-refractivity contribution in [2.45, 2.75) is 26.7 Å². The summed E-state index contributed by atoms with van der Waals surface area (Å²) in [6, 6.07) is 10.8. The molecule has 0 saturated heterocycles. The van der Waals surface area contributed by atoms with Crippen molar-refractivity contribution in [1.82, 2.24) is 0 Å². The van der Waals surface area contributed by atoms with Crippen molar-refractivity contribution in [2.75, 3.05) is 12.4 Å². The summed E-state index contributed by atoms with van der Waals surface area (Å²) in [4.78, 5) is 23.4. The molecule has 2 aromatic rings. The molecular weight excluding hydrogens is 306 g/mol. The van der Waals surface area contributed by atoms with Crippen LogP contribution in [-0.2, 0) is 11.2 Å². The van der Waals surface area contributed by atoms with Gasteiger partial charge >= 0.3 is 5.97 Å². The van der Waals surface area contributed by atoms with Crippen LogP contribution in [-0.4, -0.2) is 24.1 Å². The highest BCUT2D eigenvalue weighted by Crippen LogP contribution is 2.22. The minimum Gasteiger partial charge on any atom is -0.496 e. The maximum atomic E-state index is 12.2. The fourth-order valence-electron chi connectivity index (χ4n) is 2.59. The molecule has 0 fully saturated rings. The summed E-state index contributed by atoms with van der Waals surface area (Å²) < 4.78 is 5.27. The van der Waals surface area contributed by atoms with Crippen LogP contribution in [0.2, 0.25) is 0 Å². The number of carbonyl (C=O) groups excluding carboxylic acids is 1. The molecule has 0 unspecified atom stereocenters. The van der Waals surface area contributed by atoms with Gasteiger partial charge in [0.25, 0.3) is 0 Å². The van der Waals surface area contributed by atoms with E-state index in [1.807, 2.05) is 31.2 Å². The molecule has 2 N–H and O–H groups in total. The first-order chi connectivity index (χ1) is 11.4. The summed E-state index contributed by atoms with van der Waals surface area (Å²) >= 11 is 0. The lowest BCUT2D eigenvalue weighted by atomic mass is 10.0. The zero-order valence-electron chi connectivity index (χ0n) is 14.1. The first kappa shape index (κ1) is 17.5. The number of aryl methyl sites for hydroxylation is 3. The topological polar surface area (TPSA) is 75.6 Å². The molecule has 2 rings (SSSR count). The number of rotatable bonds is 6. The number of hydrogen-bond donors (Lipinski definition) is 2. The molecule has 0 heterocycles. The third-order valence-electron chi connectivity index (χ3n) is 3.89. The number of aromatic carboxylic acids is 1. The van der Waals surface area contributed by atoms with E-state index in [0.717, 1.165) is 16.9 Å². The van der Waals surface area contributed by atoms with Gasteiger partial charge in [0.2, 0.25) is 5.91 Å². The van der Waals surface area contributed by atoms with E-state index in [9.17, 15) is 14.7 Å². The number of anilines is 1. The Bertz CT molecular complexity index is 768. The number of methoxy groups -OCH3 is 1. The predicted octanol–water partition coefficient (Wildman–Crippen LogP) is 3.58. The molecule has 0 aliphatic carbocycles. The second kappa shape index (κ2) is 7.64. The number of carbonyl (C=O) groups is 2. The number of carboxylic acid groups (broad SMARTS) is 1. The molecule has 0 aromatic heterocycles. The van der Waals surface area contributed by atoms with Crippen molar-refractivity contribution in [1.29, 1.82) is 0 Å². The van der Waals surface area contributed by atoms with Crippen molar-refractivity contribution in [2.24, 2.45) is 0 Å². The van der Waals surface area contributed by atoms with Crippen LogP contribution in [0.1, 0.15) is 33.5 Å². The Morgan fingerprint density at radius 2 is 1.83 bits per heavy atom. The maximum absolute atomic E-state index is 12.2. The monoisotopic (exact) mass is 327 g/mol. The third-order valence-corrected chi connectivity index (χ3v) is 3.89. The minimum absolute atomic E-state index is 0.163. The maximum Gasteiger partial charge on any atom is 0.336 e. The van der Waals surface area contributed by atoms with Gasteiger partial charge in [-0.15, -0.1) is 0 Å². The molecule has 5 heteroatoms. The van der Waals surface area contributed by atoms with Crippen LogP contribution in [0.15, 0.2) is 36.4 Å². The lowest BCUT2D eigenvalue weighted by molar-refractivity contribution is -0.116. The summed E-state index contributed by atoms with van der Waals surface area (Å²) in [6.07, 6.45) is 0.836. The first-order valence-electron chi connectivity index (χ1n) is 7.68. The molecule has 0 atom stereocenters. The van der Waals surface area contributed by atoms with Crippen molar-refractivity contribution < 1.29 is 19.4 Å². The van der Waals surface area contributed by atoms with Crippen LogP contribution in [0, 0.1) is 13.8 Å². The predicted molar refractivity (Wildman–Crippen MR) is 92.8 cm³/mol. The van der Waals surface area contributed by atoms with Gasteiger partial charge in [-0.25, -0.2) is 4.79 Å². The van der Waals surface area contributed by atoms with E-state index in [-0.39, 0.29) is 17.9 Å². The van der Waals surface area contributed by atoms with Crippen LogP contribution >= 0.6 is 0 Å². The zero-order chi connectivity index (χ0) is 17.7. The van der Waals surface area contributed by atoms with E-state index in [0.29, 0.717) is 17.7 Å². The molecule has 0 aliphatic heterocycles. The van der Waals surface area contributed by atoms with E-state index >= 15 is 0 Å². The molecule has 0 spiro atoms. The average molecular weight is 327 g/mol. The van der Waals surface area contributed by atoms with Gasteiger partial charge in [-0.1, -0.05) is 24.3 Å². The molecule has 1 amide bonds. The number of hydrogen-bond acceptors (Lipinski definition) is 3. The molecule has 2 aromatic carbocycles. The number of ether oxygens (including phenoxy) is 1. The van der Waals surface area contributed by atoms with Crippen molar-refractivity contribution in [3.8, 4) is 5.75 Å². The second-order valence-corrected chi connectivity index (χ2v) is 5.65. The van der Waals surface area contributed by atoms with Crippen molar-refractivity contribution in [3.05, 3.63) is 58.7 Å². The fraction of sp³-hybridized carbons (Fsp3) is 0.263. The smallest absolute Gasteiger partial charge is 0.336 e. The van der Waals surface area contributed by atoms with Crippen LogP contribution < -0.4 is 10.1 Å². The Morgan fingerprint density at radius 3 is 2.50 bits per heavy atom. The van der Waals surface area contributed by atoms with Crippen LogP contribution in [0.25, 0.3) is 0 Å². The van der Waals surface area contributed by atoms with Crippen LogP contribution in [0.4, 0.5) is 5.69 Å². The van der Waals surface area contributed by atoms with Crippen LogP contribution in [0.3, 0.4) is 0 Å². The highest BCUT2D eigenvalue weighted by Gasteiger charge is 2.13. The highest BCUT2D eigenvalue weighted by atomic mass is 16.5. The molecule has 0 radical (unpaired) electrons. The van der Waals surface area contributed by atoms with Gasteiger partial charge in [0.15, 0.2) is 0 Å². The van der Waals surface area contributed by atoms with Crippen molar-refractivity contribution >= 4 is 17.6 Å². The Kier molecular flexibility index (Phi) is 5.58. The van der Waals surface area contributed by atoms with E-state index < -0.39 is 5.97 Å². The van der Waals surface area contributed by atoms with Gasteiger partial charge in [-0.05, 0) is 49.1 Å². The summed E-state index contributed by atoms with van der Waals surface area (Å²) in [5.74, 6) is -0.411. The Labute approximate surface area is 141 Å². The Morgan fingerprint density at radius 1 is 1.12 bits per heavy atom. The van der Waals surface area contributed by atoms with Crippen LogP contribution in [0.5, 0.6) is 5.75 Å². The largest absolute Gasteiger partial charge is 0.496 e. The van der Waals surface area contributed by atoms with E-state index in [1.54, 1.807) is 20.1 Å². The molecule has 0 saturated carbocycles. The molecule has 126 valence electrons. The summed E-state index contributed by atoms with van der Waals surface area (Å²) in [6.45, 7) is 3.58. The van der Waals surface area contributed by atoms with Gasteiger partial charge < -0.3 is 15.2 Å². The summed E-state index contributed by atoms with van der Waals surface area (Å²) in [5.41, 5.74) is 3.20. The molecule has 0 bridgehead atoms. The van der Waals surface area contributed by atoms with Gasteiger partial charge in [-0.3, -0.25) is 4.79 Å². The minimum atomic E-state index is -1.00. The quantitative estimate of drug-likeness (QED) is 0.850. The lowest BCUT2D eigenvalue weighted by Gasteiger charge is -2.12. The third kappa shape index (κ3) is 4.13. The molecule has 5 nitrogen and oxygen atoms in total. The average Bonchev–Trinajstić information content (AvgIpc) is 2.55. The molecule has 24 heavy (non-hydrogen) atoms. The summed E-state index contributed by atoms with van der Waals surface area (Å²) in [5, 5.41) is 12.0. The first-order valence-corrected chi connectivity index (χ1v) is 7.68. The van der Waals surface area contributed by atoms with Gasteiger partial charge in [0.1, 0.15) is 5.75 Å². The number of para-hydroxylation sites is 1. The molecular formula is C19H21NO4. The van der Waals surface area contributed by atoms with Gasteiger partial charge in [0.05, 0.1) is 12.7 Å². The lowest BCUT2D eigenvalue weighted by Crippen LogP contribution is -2.14. The van der Waals surface area contributed by atoms with E-state index in [2.05, 4.69) is 5.32 Å². The van der Waals surface area contributed by atoms with Gasteiger partial charge in [-0.2, -0.15) is 0 Å². The highest BCUT2D eigenvalue weighted by molar-refractivity contribution is 5.95. The summed E-state index contributed by atoms with van der Waals surface area (Å²) in [7, 11) is 1.60. The number of carboxylic acids is 1. The Balaban J connectivity index is 2.07. The second-order valence-electron chi connectivity index (χ2n) is 5.65. The van der Waals surface area contributed by atoms with E-state index in [4.69, 9.17) is 4.74 Å². The standard InChI is InChI=1S/C19H21NO4/c1-12-10-13(2)16(11-15(12)19(22)23)20-18(21)9-8-14-6-4-5-7-17(14)24-3/h4-7,10-11H,8-9H2,1-3H3,(H,20,21)(H,22,23). The fourth-order valence-corrected chi connectivity index (χ4v) is 2.59. The number of benzene rings is 2. The van der Waals surface area contributed by atoms with Crippen molar-refractivity contribution in [3.63, 3.8) is 0 Å².